The summed E-state index contributed by atoms with van der Waals surface area (Å²) < 4.78 is 10.0. The summed E-state index contributed by atoms with van der Waals surface area (Å²) >= 11 is 0. The van der Waals surface area contributed by atoms with Crippen LogP contribution in [0.3, 0.4) is 0 Å². The number of esters is 1. The molecule has 3 aromatic rings. The lowest BCUT2D eigenvalue weighted by Gasteiger charge is -2.14. The molecule has 1 aliphatic rings. The molecule has 2 N–H and O–H groups in total. The minimum absolute atomic E-state index is 0.214. The van der Waals surface area contributed by atoms with E-state index in [0.717, 1.165) is 16.7 Å². The Balaban J connectivity index is 1.76. The Morgan fingerprint density at radius 1 is 1.11 bits per heavy atom. The standard InChI is InChI=1S/C20H17N3O4/c1-26-14-5-3-4-13(10-14)17-15-16(21-19(24)18(15)23-22-17)11-6-8-12(9-7-11)20(25)27-2/h3-10,16H,1-2H3,(H,21,24)(H,22,23). The predicted molar refractivity (Wildman–Crippen MR) is 97.7 cm³/mol. The molecular formula is C20H17N3O4. The molecule has 27 heavy (non-hydrogen) atoms. The zero-order chi connectivity index (χ0) is 19.0. The Bertz CT molecular complexity index is 1020. The smallest absolute Gasteiger partial charge is 0.337 e. The molecule has 0 aliphatic carbocycles. The van der Waals surface area contributed by atoms with Crippen LogP contribution in [0, 0.1) is 0 Å². The van der Waals surface area contributed by atoms with E-state index < -0.39 is 5.97 Å². The molecule has 2 aromatic carbocycles. The summed E-state index contributed by atoms with van der Waals surface area (Å²) in [5.41, 5.74) is 4.05. The molecule has 7 nitrogen and oxygen atoms in total. The van der Waals surface area contributed by atoms with Gasteiger partial charge in [0.25, 0.3) is 5.91 Å². The molecule has 0 bridgehead atoms. The van der Waals surface area contributed by atoms with E-state index in [2.05, 4.69) is 15.5 Å². The summed E-state index contributed by atoms with van der Waals surface area (Å²) in [5.74, 6) is 0.0901. The van der Waals surface area contributed by atoms with E-state index in [4.69, 9.17) is 9.47 Å². The highest BCUT2D eigenvalue weighted by molar-refractivity contribution is 6.00. The van der Waals surface area contributed by atoms with Crippen LogP contribution >= 0.6 is 0 Å². The number of hydrogen-bond donors (Lipinski definition) is 2. The number of rotatable bonds is 4. The van der Waals surface area contributed by atoms with E-state index in [9.17, 15) is 9.59 Å². The number of carbonyl (C=O) groups excluding carboxylic acids is 2. The summed E-state index contributed by atoms with van der Waals surface area (Å²) in [5, 5.41) is 10.1. The van der Waals surface area contributed by atoms with Crippen molar-refractivity contribution in [2.24, 2.45) is 0 Å². The Labute approximate surface area is 155 Å². The Kier molecular flexibility index (Phi) is 4.12. The van der Waals surface area contributed by atoms with Crippen molar-refractivity contribution in [2.45, 2.75) is 6.04 Å². The zero-order valence-corrected chi connectivity index (χ0v) is 14.8. The second kappa shape index (κ2) is 6.60. The number of aromatic amines is 1. The minimum Gasteiger partial charge on any atom is -0.497 e. The highest BCUT2D eigenvalue weighted by Crippen LogP contribution is 2.37. The molecule has 1 atom stereocenters. The van der Waals surface area contributed by atoms with Gasteiger partial charge in [-0.3, -0.25) is 9.89 Å². The van der Waals surface area contributed by atoms with E-state index in [1.807, 2.05) is 24.3 Å². The summed E-state index contributed by atoms with van der Waals surface area (Å²) in [7, 11) is 2.94. The van der Waals surface area contributed by atoms with Crippen LogP contribution in [0.25, 0.3) is 11.3 Å². The van der Waals surface area contributed by atoms with E-state index in [0.29, 0.717) is 22.7 Å². The van der Waals surface area contributed by atoms with Crippen LogP contribution in [0.2, 0.25) is 0 Å². The lowest BCUT2D eigenvalue weighted by atomic mass is 9.96. The molecule has 0 saturated carbocycles. The van der Waals surface area contributed by atoms with Crippen molar-refractivity contribution < 1.29 is 19.1 Å². The van der Waals surface area contributed by atoms with Crippen LogP contribution in [0.15, 0.2) is 48.5 Å². The number of nitrogens with zero attached hydrogens (tertiary/aromatic N) is 1. The Morgan fingerprint density at radius 3 is 2.59 bits per heavy atom. The number of aromatic nitrogens is 2. The van der Waals surface area contributed by atoms with Crippen molar-refractivity contribution in [3.63, 3.8) is 0 Å². The molecule has 0 saturated heterocycles. The van der Waals surface area contributed by atoms with Crippen molar-refractivity contribution in [2.75, 3.05) is 14.2 Å². The van der Waals surface area contributed by atoms with Gasteiger partial charge in [-0.15, -0.1) is 0 Å². The zero-order valence-electron chi connectivity index (χ0n) is 14.8. The number of benzene rings is 2. The second-order valence-corrected chi connectivity index (χ2v) is 6.11. The average Bonchev–Trinajstić information content (AvgIpc) is 3.29. The maximum atomic E-state index is 12.4. The van der Waals surface area contributed by atoms with Gasteiger partial charge >= 0.3 is 5.97 Å². The second-order valence-electron chi connectivity index (χ2n) is 6.11. The maximum Gasteiger partial charge on any atom is 0.337 e. The number of H-pyrrole nitrogens is 1. The van der Waals surface area contributed by atoms with Crippen molar-refractivity contribution in [1.82, 2.24) is 15.5 Å². The van der Waals surface area contributed by atoms with Gasteiger partial charge in [0.05, 0.1) is 31.5 Å². The van der Waals surface area contributed by atoms with Crippen molar-refractivity contribution in [1.29, 1.82) is 0 Å². The van der Waals surface area contributed by atoms with Crippen LogP contribution in [0.1, 0.15) is 38.0 Å². The van der Waals surface area contributed by atoms with Gasteiger partial charge in [-0.2, -0.15) is 5.10 Å². The molecule has 0 spiro atoms. The number of methoxy groups -OCH3 is 2. The quantitative estimate of drug-likeness (QED) is 0.695. The van der Waals surface area contributed by atoms with Crippen LogP contribution in [-0.4, -0.2) is 36.3 Å². The number of ether oxygens (including phenoxy) is 2. The third kappa shape index (κ3) is 2.83. The summed E-state index contributed by atoms with van der Waals surface area (Å²) in [4.78, 5) is 24.0. The first kappa shape index (κ1) is 16.8. The number of amides is 1. The third-order valence-electron chi connectivity index (χ3n) is 4.60. The number of carbonyl (C=O) groups is 2. The van der Waals surface area contributed by atoms with Crippen LogP contribution in [0.5, 0.6) is 5.75 Å². The van der Waals surface area contributed by atoms with Crippen molar-refractivity contribution in [3.05, 3.63) is 70.9 Å². The first-order valence-electron chi connectivity index (χ1n) is 8.34. The topological polar surface area (TPSA) is 93.3 Å². The summed E-state index contributed by atoms with van der Waals surface area (Å²) in [6.07, 6.45) is 0. The molecule has 0 fully saturated rings. The fourth-order valence-electron chi connectivity index (χ4n) is 3.25. The van der Waals surface area contributed by atoms with Gasteiger partial charge in [-0.1, -0.05) is 24.3 Å². The van der Waals surface area contributed by atoms with Gasteiger partial charge in [0, 0.05) is 11.1 Å². The van der Waals surface area contributed by atoms with Crippen LogP contribution < -0.4 is 10.1 Å². The molecule has 136 valence electrons. The van der Waals surface area contributed by atoms with E-state index in [1.165, 1.54) is 7.11 Å². The minimum atomic E-state index is -0.405. The van der Waals surface area contributed by atoms with Crippen LogP contribution in [-0.2, 0) is 4.74 Å². The highest BCUT2D eigenvalue weighted by Gasteiger charge is 2.35. The number of hydrogen-bond acceptors (Lipinski definition) is 5. The maximum absolute atomic E-state index is 12.4. The third-order valence-corrected chi connectivity index (χ3v) is 4.60. The molecule has 1 unspecified atom stereocenters. The van der Waals surface area contributed by atoms with E-state index in [-0.39, 0.29) is 11.9 Å². The monoisotopic (exact) mass is 363 g/mol. The predicted octanol–water partition coefficient (Wildman–Crippen LogP) is 2.70. The van der Waals surface area contributed by atoms with Gasteiger partial charge in [0.1, 0.15) is 11.4 Å². The Hall–Kier alpha value is -3.61. The average molecular weight is 363 g/mol. The largest absolute Gasteiger partial charge is 0.497 e. The van der Waals surface area contributed by atoms with Crippen molar-refractivity contribution >= 4 is 11.9 Å². The fourth-order valence-corrected chi connectivity index (χ4v) is 3.25. The molecule has 0 radical (unpaired) electrons. The molecule has 4 rings (SSSR count). The van der Waals surface area contributed by atoms with Gasteiger partial charge in [-0.25, -0.2) is 4.79 Å². The van der Waals surface area contributed by atoms with Crippen LogP contribution in [0.4, 0.5) is 0 Å². The number of fused-ring (bicyclic) bond motifs is 1. The molecule has 2 heterocycles. The van der Waals surface area contributed by atoms with Gasteiger partial charge < -0.3 is 14.8 Å². The molecule has 1 aromatic heterocycles. The van der Waals surface area contributed by atoms with Crippen molar-refractivity contribution in [3.8, 4) is 17.0 Å². The lowest BCUT2D eigenvalue weighted by Crippen LogP contribution is -2.21. The SMILES string of the molecule is COC(=O)c1ccc(C2NC(=O)c3[nH]nc(-c4cccc(OC)c4)c32)cc1. The normalized spacial score (nSPS) is 15.2. The van der Waals surface area contributed by atoms with E-state index in [1.54, 1.807) is 31.4 Å². The van der Waals surface area contributed by atoms with Gasteiger partial charge in [0.15, 0.2) is 0 Å². The molecule has 1 aliphatic heterocycles. The molecule has 7 heteroatoms. The van der Waals surface area contributed by atoms with Gasteiger partial charge in [0.2, 0.25) is 0 Å². The lowest BCUT2D eigenvalue weighted by molar-refractivity contribution is 0.0600. The first-order valence-corrected chi connectivity index (χ1v) is 8.34. The Morgan fingerprint density at radius 2 is 1.89 bits per heavy atom. The molecule has 1 amide bonds. The highest BCUT2D eigenvalue weighted by atomic mass is 16.5. The summed E-state index contributed by atoms with van der Waals surface area (Å²) in [6, 6.07) is 14.1. The van der Waals surface area contributed by atoms with E-state index >= 15 is 0 Å². The molecular weight excluding hydrogens is 346 g/mol. The fraction of sp³-hybridized carbons (Fsp3) is 0.150. The van der Waals surface area contributed by atoms with Gasteiger partial charge in [-0.05, 0) is 29.8 Å². The summed E-state index contributed by atoms with van der Waals surface area (Å²) in [6.45, 7) is 0. The number of nitrogens with one attached hydrogen (secondary N) is 2. The first-order chi connectivity index (χ1) is 13.1.